The zero-order valence-corrected chi connectivity index (χ0v) is 10.9. The normalized spacial score (nSPS) is 11.8. The number of carboxylic acids is 1. The number of carboxylic acid groups (broad SMARTS) is 1. The smallest absolute Gasteiger partial charge is 0.310 e. The minimum atomic E-state index is -0.976. The molecule has 2 aromatic rings. The van der Waals surface area contributed by atoms with Crippen molar-refractivity contribution in [2.75, 3.05) is 0 Å². The summed E-state index contributed by atoms with van der Waals surface area (Å²) in [6.07, 6.45) is 0. The molecule has 2 aromatic carbocycles. The number of benzene rings is 2. The Morgan fingerprint density at radius 2 is 1.60 bits per heavy atom. The number of aromatic hydroxyl groups is 1. The van der Waals surface area contributed by atoms with E-state index >= 15 is 0 Å². The molecule has 0 spiro atoms. The fourth-order valence-corrected chi connectivity index (χ4v) is 1.98. The Morgan fingerprint density at radius 3 is 2.20 bits per heavy atom. The topological polar surface area (TPSA) is 74.6 Å². The molecule has 1 unspecified atom stereocenters. The molecule has 4 nitrogen and oxygen atoms in total. The maximum Gasteiger partial charge on any atom is 0.310 e. The van der Waals surface area contributed by atoms with Gasteiger partial charge in [-0.25, -0.2) is 0 Å². The SMILES string of the molecule is CC(C(=O)O)c1ccccc1C(=O)c1ccc(O)cc1. The zero-order valence-electron chi connectivity index (χ0n) is 10.9. The maximum atomic E-state index is 12.4. The molecule has 0 fully saturated rings. The summed E-state index contributed by atoms with van der Waals surface area (Å²) in [5, 5.41) is 18.3. The van der Waals surface area contributed by atoms with Crippen molar-refractivity contribution < 1.29 is 19.8 Å². The first kappa shape index (κ1) is 13.8. The van der Waals surface area contributed by atoms with Crippen molar-refractivity contribution in [2.24, 2.45) is 0 Å². The Kier molecular flexibility index (Phi) is 3.84. The second-order valence-electron chi connectivity index (χ2n) is 4.52. The average molecular weight is 270 g/mol. The quantitative estimate of drug-likeness (QED) is 0.838. The van der Waals surface area contributed by atoms with Crippen LogP contribution in [0.25, 0.3) is 0 Å². The first-order valence-electron chi connectivity index (χ1n) is 6.16. The van der Waals surface area contributed by atoms with Crippen LogP contribution in [0.3, 0.4) is 0 Å². The van der Waals surface area contributed by atoms with Crippen LogP contribution >= 0.6 is 0 Å². The van der Waals surface area contributed by atoms with Crippen LogP contribution in [0.1, 0.15) is 34.3 Å². The largest absolute Gasteiger partial charge is 0.508 e. The van der Waals surface area contributed by atoms with Gasteiger partial charge in [0.25, 0.3) is 0 Å². The molecule has 1 atom stereocenters. The lowest BCUT2D eigenvalue weighted by molar-refractivity contribution is -0.138. The minimum Gasteiger partial charge on any atom is -0.508 e. The molecule has 0 heterocycles. The van der Waals surface area contributed by atoms with E-state index in [0.717, 1.165) is 0 Å². The van der Waals surface area contributed by atoms with Crippen LogP contribution in [0.5, 0.6) is 5.75 Å². The Hall–Kier alpha value is -2.62. The third kappa shape index (κ3) is 2.69. The summed E-state index contributed by atoms with van der Waals surface area (Å²) in [4.78, 5) is 23.5. The van der Waals surface area contributed by atoms with E-state index in [-0.39, 0.29) is 11.5 Å². The Bertz CT molecular complexity index is 644. The number of aliphatic carboxylic acids is 1. The van der Waals surface area contributed by atoms with Crippen molar-refractivity contribution in [1.29, 1.82) is 0 Å². The number of carbonyl (C=O) groups is 2. The molecule has 0 aromatic heterocycles. The van der Waals surface area contributed by atoms with Gasteiger partial charge in [-0.1, -0.05) is 24.3 Å². The molecule has 0 aliphatic rings. The molecular weight excluding hydrogens is 256 g/mol. The number of ketones is 1. The second kappa shape index (κ2) is 5.57. The highest BCUT2D eigenvalue weighted by Crippen LogP contribution is 2.23. The van der Waals surface area contributed by atoms with Crippen LogP contribution in [-0.2, 0) is 4.79 Å². The van der Waals surface area contributed by atoms with Crippen LogP contribution in [0.4, 0.5) is 0 Å². The molecule has 0 aliphatic heterocycles. The van der Waals surface area contributed by atoms with Crippen molar-refractivity contribution in [3.05, 3.63) is 65.2 Å². The van der Waals surface area contributed by atoms with Gasteiger partial charge < -0.3 is 10.2 Å². The van der Waals surface area contributed by atoms with Crippen LogP contribution in [0.2, 0.25) is 0 Å². The number of carbonyl (C=O) groups excluding carboxylic acids is 1. The summed E-state index contributed by atoms with van der Waals surface area (Å²) in [5.74, 6) is -1.91. The molecule has 2 N–H and O–H groups in total. The fourth-order valence-electron chi connectivity index (χ4n) is 1.98. The lowest BCUT2D eigenvalue weighted by atomic mass is 9.91. The summed E-state index contributed by atoms with van der Waals surface area (Å²) in [7, 11) is 0. The predicted molar refractivity (Wildman–Crippen MR) is 74.0 cm³/mol. The van der Waals surface area contributed by atoms with Gasteiger partial charge in [0.1, 0.15) is 5.75 Å². The van der Waals surface area contributed by atoms with Gasteiger partial charge in [-0.2, -0.15) is 0 Å². The minimum absolute atomic E-state index is 0.0775. The molecule has 0 saturated carbocycles. The van der Waals surface area contributed by atoms with Gasteiger partial charge in [0.15, 0.2) is 5.78 Å². The molecule has 2 rings (SSSR count). The van der Waals surface area contributed by atoms with E-state index in [0.29, 0.717) is 16.7 Å². The van der Waals surface area contributed by atoms with E-state index in [9.17, 15) is 14.7 Å². The van der Waals surface area contributed by atoms with E-state index in [2.05, 4.69) is 0 Å². The van der Waals surface area contributed by atoms with Gasteiger partial charge in [-0.3, -0.25) is 9.59 Å². The fraction of sp³-hybridized carbons (Fsp3) is 0.125. The van der Waals surface area contributed by atoms with E-state index in [1.807, 2.05) is 0 Å². The number of phenols is 1. The van der Waals surface area contributed by atoms with Crippen molar-refractivity contribution >= 4 is 11.8 Å². The standard InChI is InChI=1S/C16H14O4/c1-10(16(19)20)13-4-2-3-5-14(13)15(18)11-6-8-12(17)9-7-11/h2-10,17H,1H3,(H,19,20). The molecule has 0 radical (unpaired) electrons. The molecule has 0 saturated heterocycles. The van der Waals surface area contributed by atoms with Crippen molar-refractivity contribution in [2.45, 2.75) is 12.8 Å². The molecule has 0 bridgehead atoms. The van der Waals surface area contributed by atoms with Gasteiger partial charge in [0.2, 0.25) is 0 Å². The van der Waals surface area contributed by atoms with Crippen LogP contribution < -0.4 is 0 Å². The molecule has 20 heavy (non-hydrogen) atoms. The van der Waals surface area contributed by atoms with Crippen LogP contribution in [-0.4, -0.2) is 22.0 Å². The summed E-state index contributed by atoms with van der Waals surface area (Å²) in [6, 6.07) is 12.6. The number of phenolic OH excluding ortho intramolecular Hbond substituents is 1. The molecule has 0 amide bonds. The Morgan fingerprint density at radius 1 is 1.00 bits per heavy atom. The van der Waals surface area contributed by atoms with Gasteiger partial charge in [-0.15, -0.1) is 0 Å². The summed E-state index contributed by atoms with van der Waals surface area (Å²) in [6.45, 7) is 1.55. The van der Waals surface area contributed by atoms with Crippen molar-refractivity contribution in [3.8, 4) is 5.75 Å². The molecule has 0 aliphatic carbocycles. The first-order chi connectivity index (χ1) is 9.50. The van der Waals surface area contributed by atoms with Gasteiger partial charge >= 0.3 is 5.97 Å². The highest BCUT2D eigenvalue weighted by molar-refractivity contribution is 6.10. The highest BCUT2D eigenvalue weighted by atomic mass is 16.4. The van der Waals surface area contributed by atoms with Gasteiger partial charge in [0.05, 0.1) is 5.92 Å². The lowest BCUT2D eigenvalue weighted by Crippen LogP contribution is -2.13. The van der Waals surface area contributed by atoms with E-state index in [4.69, 9.17) is 5.11 Å². The Balaban J connectivity index is 2.45. The molecular formula is C16H14O4. The summed E-state index contributed by atoms with van der Waals surface area (Å²) < 4.78 is 0. The number of rotatable bonds is 4. The second-order valence-corrected chi connectivity index (χ2v) is 4.52. The van der Waals surface area contributed by atoms with Crippen LogP contribution in [0, 0.1) is 0 Å². The third-order valence-corrected chi connectivity index (χ3v) is 3.17. The Labute approximate surface area is 116 Å². The third-order valence-electron chi connectivity index (χ3n) is 3.17. The van der Waals surface area contributed by atoms with E-state index < -0.39 is 11.9 Å². The average Bonchev–Trinajstić information content (AvgIpc) is 2.46. The van der Waals surface area contributed by atoms with Crippen LogP contribution in [0.15, 0.2) is 48.5 Å². The number of hydrogen-bond acceptors (Lipinski definition) is 3. The lowest BCUT2D eigenvalue weighted by Gasteiger charge is -2.12. The summed E-state index contributed by atoms with van der Waals surface area (Å²) >= 11 is 0. The van der Waals surface area contributed by atoms with E-state index in [1.54, 1.807) is 31.2 Å². The molecule has 102 valence electrons. The van der Waals surface area contributed by atoms with Crippen molar-refractivity contribution in [3.63, 3.8) is 0 Å². The van der Waals surface area contributed by atoms with Gasteiger partial charge in [-0.05, 0) is 36.8 Å². The molecule has 4 heteroatoms. The zero-order chi connectivity index (χ0) is 14.7. The summed E-state index contributed by atoms with van der Waals surface area (Å²) in [5.41, 5.74) is 1.26. The predicted octanol–water partition coefficient (Wildman–Crippen LogP) is 2.81. The van der Waals surface area contributed by atoms with E-state index in [1.165, 1.54) is 24.3 Å². The van der Waals surface area contributed by atoms with Crippen molar-refractivity contribution in [1.82, 2.24) is 0 Å². The first-order valence-corrected chi connectivity index (χ1v) is 6.16. The highest BCUT2D eigenvalue weighted by Gasteiger charge is 2.21. The van der Waals surface area contributed by atoms with Gasteiger partial charge in [0, 0.05) is 11.1 Å². The monoisotopic (exact) mass is 270 g/mol. The maximum absolute atomic E-state index is 12.4. The number of hydrogen-bond donors (Lipinski definition) is 2.